The Labute approximate surface area is 95.2 Å². The molecule has 2 atom stereocenters. The molecule has 1 rings (SSSR count). The van der Waals surface area contributed by atoms with Crippen LogP contribution in [0.2, 0.25) is 0 Å². The van der Waals surface area contributed by atoms with E-state index < -0.39 is 0 Å². The van der Waals surface area contributed by atoms with Gasteiger partial charge in [-0.3, -0.25) is 0 Å². The Hall–Kier alpha value is -0.420. The second kappa shape index (κ2) is 6.95. The zero-order valence-corrected chi connectivity index (χ0v) is 9.98. The Balaban J connectivity index is 2.10. The van der Waals surface area contributed by atoms with Crippen molar-refractivity contribution in [2.24, 2.45) is 0 Å². The van der Waals surface area contributed by atoms with Crippen molar-refractivity contribution in [3.63, 3.8) is 0 Å². The predicted molar refractivity (Wildman–Crippen MR) is 63.2 cm³/mol. The number of aliphatic hydroxyl groups excluding tert-OH is 1. The van der Waals surface area contributed by atoms with E-state index in [4.69, 9.17) is 5.11 Å². The summed E-state index contributed by atoms with van der Waals surface area (Å²) in [6.07, 6.45) is 6.09. The van der Waals surface area contributed by atoms with Crippen molar-refractivity contribution in [2.75, 3.05) is 19.4 Å². The minimum Gasteiger partial charge on any atom is -0.396 e. The minimum atomic E-state index is -0.102. The number of carbonyl (C=O) groups is 1. The third-order valence-corrected chi connectivity index (χ3v) is 3.77. The number of rotatable bonds is 5. The number of thioether (sulfide) groups is 1. The molecular weight excluding hydrogens is 212 g/mol. The lowest BCUT2D eigenvalue weighted by Crippen LogP contribution is -2.41. The third kappa shape index (κ3) is 4.75. The molecule has 0 aliphatic heterocycles. The first-order chi connectivity index (χ1) is 7.26. The first kappa shape index (κ1) is 12.6. The summed E-state index contributed by atoms with van der Waals surface area (Å²) in [4.78, 5) is 11.4. The van der Waals surface area contributed by atoms with Crippen LogP contribution in [-0.4, -0.2) is 41.8 Å². The summed E-state index contributed by atoms with van der Waals surface area (Å²) in [5.74, 6) is 0. The van der Waals surface area contributed by atoms with Gasteiger partial charge in [0.1, 0.15) is 0 Å². The first-order valence-electron chi connectivity index (χ1n) is 5.44. The average molecular weight is 232 g/mol. The van der Waals surface area contributed by atoms with Gasteiger partial charge >= 0.3 is 6.03 Å². The maximum absolute atomic E-state index is 11.4. The summed E-state index contributed by atoms with van der Waals surface area (Å²) >= 11 is 1.88. The number of aliphatic hydroxyl groups is 1. The number of amides is 2. The van der Waals surface area contributed by atoms with Gasteiger partial charge in [0.2, 0.25) is 0 Å². The fourth-order valence-corrected chi connectivity index (χ4v) is 2.60. The van der Waals surface area contributed by atoms with Gasteiger partial charge in [-0.1, -0.05) is 0 Å². The van der Waals surface area contributed by atoms with Crippen LogP contribution in [0.5, 0.6) is 0 Å². The van der Waals surface area contributed by atoms with Gasteiger partial charge in [-0.25, -0.2) is 4.79 Å². The molecule has 0 aromatic heterocycles. The molecule has 1 aliphatic rings. The molecule has 4 nitrogen and oxygen atoms in total. The third-order valence-electron chi connectivity index (χ3n) is 2.67. The monoisotopic (exact) mass is 232 g/mol. The van der Waals surface area contributed by atoms with Gasteiger partial charge in [0.15, 0.2) is 0 Å². The zero-order chi connectivity index (χ0) is 11.1. The van der Waals surface area contributed by atoms with E-state index in [1.165, 1.54) is 6.42 Å². The molecule has 0 saturated heterocycles. The first-order valence-corrected chi connectivity index (χ1v) is 6.73. The smallest absolute Gasteiger partial charge is 0.315 e. The average Bonchev–Trinajstić information content (AvgIpc) is 2.66. The van der Waals surface area contributed by atoms with Crippen molar-refractivity contribution in [1.29, 1.82) is 0 Å². The van der Waals surface area contributed by atoms with Crippen LogP contribution in [0.25, 0.3) is 0 Å². The lowest BCUT2D eigenvalue weighted by atomic mass is 10.2. The molecule has 15 heavy (non-hydrogen) atoms. The van der Waals surface area contributed by atoms with Crippen molar-refractivity contribution >= 4 is 17.8 Å². The van der Waals surface area contributed by atoms with Crippen molar-refractivity contribution in [2.45, 2.75) is 37.0 Å². The molecule has 0 heterocycles. The fraction of sp³-hybridized carbons (Fsp3) is 0.900. The van der Waals surface area contributed by atoms with Crippen LogP contribution in [0.15, 0.2) is 0 Å². The molecule has 2 amide bonds. The Morgan fingerprint density at radius 3 is 2.93 bits per heavy atom. The maximum atomic E-state index is 11.4. The zero-order valence-electron chi connectivity index (χ0n) is 9.16. The number of carbonyl (C=O) groups excluding carboxylic acids is 1. The van der Waals surface area contributed by atoms with Gasteiger partial charge in [0.25, 0.3) is 0 Å². The molecule has 0 radical (unpaired) electrons. The van der Waals surface area contributed by atoms with Crippen molar-refractivity contribution in [3.8, 4) is 0 Å². The number of urea groups is 1. The van der Waals surface area contributed by atoms with E-state index in [-0.39, 0.29) is 12.6 Å². The Morgan fingerprint density at radius 1 is 1.53 bits per heavy atom. The van der Waals surface area contributed by atoms with Crippen LogP contribution < -0.4 is 10.6 Å². The van der Waals surface area contributed by atoms with E-state index in [9.17, 15) is 4.79 Å². The normalized spacial score (nSPS) is 25.2. The highest BCUT2D eigenvalue weighted by atomic mass is 32.2. The number of hydrogen-bond acceptors (Lipinski definition) is 3. The van der Waals surface area contributed by atoms with Crippen molar-refractivity contribution in [1.82, 2.24) is 10.6 Å². The van der Waals surface area contributed by atoms with Crippen LogP contribution in [0, 0.1) is 0 Å². The summed E-state index contributed by atoms with van der Waals surface area (Å²) in [5.41, 5.74) is 0. The largest absolute Gasteiger partial charge is 0.396 e. The molecule has 1 saturated carbocycles. The highest BCUT2D eigenvalue weighted by Gasteiger charge is 2.24. The number of hydrogen-bond donors (Lipinski definition) is 3. The second-order valence-electron chi connectivity index (χ2n) is 3.85. The van der Waals surface area contributed by atoms with Crippen molar-refractivity contribution in [3.05, 3.63) is 0 Å². The van der Waals surface area contributed by atoms with E-state index in [1.54, 1.807) is 0 Å². The molecule has 1 fully saturated rings. The quantitative estimate of drug-likeness (QED) is 0.619. The molecule has 1 aliphatic carbocycles. The molecule has 0 bridgehead atoms. The Kier molecular flexibility index (Phi) is 5.86. The lowest BCUT2D eigenvalue weighted by molar-refractivity contribution is 0.234. The summed E-state index contributed by atoms with van der Waals surface area (Å²) in [5, 5.41) is 14.9. The van der Waals surface area contributed by atoms with Gasteiger partial charge in [0, 0.05) is 24.4 Å². The standard InChI is InChI=1S/C10H20N2O2S/c1-15-9-4-3-8(7-9)12-10(14)11-5-2-6-13/h8-9,13H,2-7H2,1H3,(H2,11,12,14)/t8-,9+/m0/s1. The van der Waals surface area contributed by atoms with Gasteiger partial charge in [-0.05, 0) is 31.9 Å². The topological polar surface area (TPSA) is 61.4 Å². The second-order valence-corrected chi connectivity index (χ2v) is 4.98. The summed E-state index contributed by atoms with van der Waals surface area (Å²) < 4.78 is 0. The van der Waals surface area contributed by atoms with Crippen LogP contribution in [0.3, 0.4) is 0 Å². The van der Waals surface area contributed by atoms with E-state index in [0.717, 1.165) is 12.8 Å². The van der Waals surface area contributed by atoms with E-state index in [1.807, 2.05) is 11.8 Å². The van der Waals surface area contributed by atoms with Gasteiger partial charge in [-0.15, -0.1) is 0 Å². The van der Waals surface area contributed by atoms with Crippen LogP contribution in [0.1, 0.15) is 25.7 Å². The minimum absolute atomic E-state index is 0.102. The molecule has 5 heteroatoms. The summed E-state index contributed by atoms with van der Waals surface area (Å²) in [6.45, 7) is 0.666. The Morgan fingerprint density at radius 2 is 2.33 bits per heavy atom. The molecule has 0 spiro atoms. The fourth-order valence-electron chi connectivity index (χ4n) is 1.80. The predicted octanol–water partition coefficient (Wildman–Crippen LogP) is 0.952. The van der Waals surface area contributed by atoms with Gasteiger partial charge < -0.3 is 15.7 Å². The summed E-state index contributed by atoms with van der Waals surface area (Å²) in [6, 6.07) is 0.228. The Bertz CT molecular complexity index is 202. The number of nitrogens with one attached hydrogen (secondary N) is 2. The highest BCUT2D eigenvalue weighted by molar-refractivity contribution is 7.99. The van der Waals surface area contributed by atoms with Gasteiger partial charge in [-0.2, -0.15) is 11.8 Å². The summed E-state index contributed by atoms with van der Waals surface area (Å²) in [7, 11) is 0. The molecule has 88 valence electrons. The maximum Gasteiger partial charge on any atom is 0.315 e. The molecule has 0 aromatic rings. The van der Waals surface area contributed by atoms with E-state index >= 15 is 0 Å². The van der Waals surface area contributed by atoms with E-state index in [2.05, 4.69) is 16.9 Å². The van der Waals surface area contributed by atoms with Crippen LogP contribution in [-0.2, 0) is 0 Å². The van der Waals surface area contributed by atoms with Crippen LogP contribution >= 0.6 is 11.8 Å². The molecule has 3 N–H and O–H groups in total. The van der Waals surface area contributed by atoms with E-state index in [0.29, 0.717) is 24.3 Å². The molecule has 0 unspecified atom stereocenters. The van der Waals surface area contributed by atoms with Crippen molar-refractivity contribution < 1.29 is 9.90 Å². The molecular formula is C10H20N2O2S. The van der Waals surface area contributed by atoms with Crippen LogP contribution in [0.4, 0.5) is 4.79 Å². The lowest BCUT2D eigenvalue weighted by Gasteiger charge is -2.13. The SMILES string of the molecule is CS[C@@H]1CC[C@H](NC(=O)NCCCO)C1. The molecule has 0 aromatic carbocycles. The highest BCUT2D eigenvalue weighted by Crippen LogP contribution is 2.27. The van der Waals surface area contributed by atoms with Gasteiger partial charge in [0.05, 0.1) is 0 Å².